The lowest BCUT2D eigenvalue weighted by molar-refractivity contribution is -0.299. The van der Waals surface area contributed by atoms with Gasteiger partial charge in [-0.2, -0.15) is 13.2 Å². The molecule has 128 valence electrons. The molecule has 0 saturated heterocycles. The number of halogens is 3. The molecule has 5 unspecified atom stereocenters. The zero-order chi connectivity index (χ0) is 16.1. The minimum absolute atomic E-state index is 0.0553. The molecule has 0 spiro atoms. The van der Waals surface area contributed by atoms with Gasteiger partial charge in [-0.05, 0) is 62.2 Å². The molecular weight excluding hydrogens is 289 g/mol. The predicted octanol–water partition coefficient (Wildman–Crippen LogP) is 5.18. The molecule has 0 bridgehead atoms. The van der Waals surface area contributed by atoms with E-state index in [1.54, 1.807) is 0 Å². The monoisotopic (exact) mass is 318 g/mol. The molecule has 5 atom stereocenters. The largest absolute Gasteiger partial charge is 0.417 e. The van der Waals surface area contributed by atoms with Crippen LogP contribution in [0.1, 0.15) is 65.2 Å². The van der Waals surface area contributed by atoms with E-state index in [0.717, 1.165) is 58.3 Å². The zero-order valence-corrected chi connectivity index (χ0v) is 13.7. The number of alkyl halides is 3. The van der Waals surface area contributed by atoms with Crippen LogP contribution in [0, 0.1) is 35.5 Å². The van der Waals surface area contributed by atoms with Gasteiger partial charge >= 0.3 is 6.18 Å². The second kappa shape index (κ2) is 5.68. The Morgan fingerprint density at radius 2 is 1.14 bits per heavy atom. The molecule has 0 heterocycles. The van der Waals surface area contributed by atoms with E-state index in [1.807, 2.05) is 0 Å². The van der Waals surface area contributed by atoms with E-state index in [9.17, 15) is 18.3 Å². The first-order valence-corrected chi connectivity index (χ1v) is 9.04. The molecule has 3 saturated carbocycles. The van der Waals surface area contributed by atoms with Crippen LogP contribution in [0.4, 0.5) is 13.2 Å². The van der Waals surface area contributed by atoms with Gasteiger partial charge in [-0.3, -0.25) is 0 Å². The molecule has 0 aromatic rings. The topological polar surface area (TPSA) is 20.2 Å². The summed E-state index contributed by atoms with van der Waals surface area (Å²) in [4.78, 5) is 0. The predicted molar refractivity (Wildman–Crippen MR) is 80.2 cm³/mol. The van der Waals surface area contributed by atoms with E-state index in [0.29, 0.717) is 17.8 Å². The van der Waals surface area contributed by atoms with Crippen LogP contribution < -0.4 is 0 Å². The summed E-state index contributed by atoms with van der Waals surface area (Å²) in [6, 6.07) is 0. The van der Waals surface area contributed by atoms with Crippen molar-refractivity contribution < 1.29 is 18.3 Å². The normalized spacial score (nSPS) is 45.5. The van der Waals surface area contributed by atoms with E-state index >= 15 is 0 Å². The van der Waals surface area contributed by atoms with Crippen LogP contribution in [-0.2, 0) is 0 Å². The van der Waals surface area contributed by atoms with Gasteiger partial charge in [0.05, 0.1) is 0 Å². The molecule has 22 heavy (non-hydrogen) atoms. The third-order valence-corrected chi connectivity index (χ3v) is 7.25. The molecule has 4 heteroatoms. The number of hydrogen-bond acceptors (Lipinski definition) is 1. The summed E-state index contributed by atoms with van der Waals surface area (Å²) >= 11 is 0. The fourth-order valence-corrected chi connectivity index (χ4v) is 6.23. The highest BCUT2D eigenvalue weighted by atomic mass is 19.4. The SMILES string of the molecule is CC1C2CCCCC2C(C(C)(O)C(F)(F)F)C2CCCCC12. The quantitative estimate of drug-likeness (QED) is 0.706. The summed E-state index contributed by atoms with van der Waals surface area (Å²) < 4.78 is 40.7. The standard InChI is InChI=1S/C18H29F3O/c1-11-12-7-3-5-9-14(12)16(17(2,22)18(19,20)21)15-10-6-4-8-13(11)15/h11-16,22H,3-10H2,1-2H3. The molecule has 0 aliphatic heterocycles. The molecule has 1 nitrogen and oxygen atoms in total. The number of rotatable bonds is 1. The Hall–Kier alpha value is -0.250. The van der Waals surface area contributed by atoms with Crippen LogP contribution in [0.2, 0.25) is 0 Å². The first kappa shape index (κ1) is 16.6. The molecule has 3 aliphatic carbocycles. The fourth-order valence-electron chi connectivity index (χ4n) is 6.23. The Labute approximate surface area is 131 Å². The Bertz CT molecular complexity index is 380. The molecule has 3 aliphatic rings. The van der Waals surface area contributed by atoms with Gasteiger partial charge in [-0.15, -0.1) is 0 Å². The van der Waals surface area contributed by atoms with Crippen molar-refractivity contribution in [1.82, 2.24) is 0 Å². The Kier molecular flexibility index (Phi) is 4.29. The van der Waals surface area contributed by atoms with Crippen molar-refractivity contribution in [3.8, 4) is 0 Å². The van der Waals surface area contributed by atoms with E-state index in [1.165, 1.54) is 0 Å². The summed E-state index contributed by atoms with van der Waals surface area (Å²) in [5.74, 6) is 0.800. The number of hydrogen-bond donors (Lipinski definition) is 1. The van der Waals surface area contributed by atoms with Crippen molar-refractivity contribution in [2.24, 2.45) is 35.5 Å². The zero-order valence-electron chi connectivity index (χ0n) is 13.7. The van der Waals surface area contributed by atoms with E-state index in [-0.39, 0.29) is 11.8 Å². The van der Waals surface area contributed by atoms with Crippen LogP contribution in [0.3, 0.4) is 0 Å². The smallest absolute Gasteiger partial charge is 0.380 e. The lowest BCUT2D eigenvalue weighted by Crippen LogP contribution is -2.60. The Morgan fingerprint density at radius 1 is 0.773 bits per heavy atom. The van der Waals surface area contributed by atoms with Gasteiger partial charge in [0.25, 0.3) is 0 Å². The minimum Gasteiger partial charge on any atom is -0.380 e. The average Bonchev–Trinajstić information content (AvgIpc) is 2.46. The highest BCUT2D eigenvalue weighted by Crippen LogP contribution is 2.60. The van der Waals surface area contributed by atoms with E-state index < -0.39 is 17.7 Å². The van der Waals surface area contributed by atoms with Crippen LogP contribution in [0.25, 0.3) is 0 Å². The maximum atomic E-state index is 13.6. The first-order valence-electron chi connectivity index (χ1n) is 9.04. The van der Waals surface area contributed by atoms with Crippen molar-refractivity contribution in [3.63, 3.8) is 0 Å². The lowest BCUT2D eigenvalue weighted by atomic mass is 9.48. The lowest BCUT2D eigenvalue weighted by Gasteiger charge is -2.58. The second-order valence-electron chi connectivity index (χ2n) is 8.25. The van der Waals surface area contributed by atoms with Crippen LogP contribution in [0.5, 0.6) is 0 Å². The minimum atomic E-state index is -4.53. The third kappa shape index (κ3) is 2.50. The van der Waals surface area contributed by atoms with Crippen molar-refractivity contribution >= 4 is 0 Å². The summed E-state index contributed by atoms with van der Waals surface area (Å²) in [6.07, 6.45) is 3.66. The van der Waals surface area contributed by atoms with Gasteiger partial charge in [0.15, 0.2) is 5.60 Å². The highest BCUT2D eigenvalue weighted by Gasteiger charge is 2.63. The Balaban J connectivity index is 1.99. The average molecular weight is 318 g/mol. The third-order valence-electron chi connectivity index (χ3n) is 7.25. The van der Waals surface area contributed by atoms with Crippen molar-refractivity contribution in [2.75, 3.05) is 0 Å². The number of aliphatic hydroxyl groups is 1. The van der Waals surface area contributed by atoms with Gasteiger partial charge in [0.1, 0.15) is 0 Å². The van der Waals surface area contributed by atoms with E-state index in [4.69, 9.17) is 0 Å². The summed E-state index contributed by atoms with van der Waals surface area (Å²) in [7, 11) is 0. The maximum absolute atomic E-state index is 13.6. The molecule has 0 radical (unpaired) electrons. The summed E-state index contributed by atoms with van der Waals surface area (Å²) in [5, 5.41) is 10.5. The summed E-state index contributed by atoms with van der Waals surface area (Å²) in [6.45, 7) is 3.31. The molecule has 0 amide bonds. The molecular formula is C18H29F3O. The molecule has 3 rings (SSSR count). The van der Waals surface area contributed by atoms with Crippen molar-refractivity contribution in [2.45, 2.75) is 77.0 Å². The van der Waals surface area contributed by atoms with Gasteiger partial charge < -0.3 is 5.11 Å². The molecule has 0 aromatic heterocycles. The van der Waals surface area contributed by atoms with Crippen molar-refractivity contribution in [3.05, 3.63) is 0 Å². The van der Waals surface area contributed by atoms with Crippen LogP contribution in [0.15, 0.2) is 0 Å². The van der Waals surface area contributed by atoms with Crippen LogP contribution >= 0.6 is 0 Å². The first-order chi connectivity index (χ1) is 10.2. The highest BCUT2D eigenvalue weighted by molar-refractivity contribution is 5.05. The molecule has 1 N–H and O–H groups in total. The van der Waals surface area contributed by atoms with Gasteiger partial charge in [-0.25, -0.2) is 0 Å². The second-order valence-corrected chi connectivity index (χ2v) is 8.25. The van der Waals surface area contributed by atoms with E-state index in [2.05, 4.69) is 6.92 Å². The molecule has 0 aromatic carbocycles. The molecule has 3 fully saturated rings. The van der Waals surface area contributed by atoms with Crippen molar-refractivity contribution in [1.29, 1.82) is 0 Å². The van der Waals surface area contributed by atoms with Gasteiger partial charge in [0.2, 0.25) is 0 Å². The fraction of sp³-hybridized carbons (Fsp3) is 1.00. The Morgan fingerprint density at radius 3 is 1.50 bits per heavy atom. The maximum Gasteiger partial charge on any atom is 0.417 e. The summed E-state index contributed by atoms with van der Waals surface area (Å²) in [5.41, 5.74) is -2.53. The van der Waals surface area contributed by atoms with Crippen LogP contribution in [-0.4, -0.2) is 16.9 Å². The van der Waals surface area contributed by atoms with Gasteiger partial charge in [0, 0.05) is 5.92 Å². The number of fused-ring (bicyclic) bond motifs is 2. The van der Waals surface area contributed by atoms with Gasteiger partial charge in [-0.1, -0.05) is 32.6 Å².